The summed E-state index contributed by atoms with van der Waals surface area (Å²) in [6.45, 7) is 7.22. The van der Waals surface area contributed by atoms with Gasteiger partial charge in [-0.1, -0.05) is 48.5 Å². The zero-order valence-electron chi connectivity index (χ0n) is 36.8. The fourth-order valence-electron chi connectivity index (χ4n) is 12.6. The Morgan fingerprint density at radius 2 is 1.62 bits per heavy atom. The van der Waals surface area contributed by atoms with Crippen molar-refractivity contribution in [3.05, 3.63) is 118 Å². The zero-order valence-corrected chi connectivity index (χ0v) is 36.8. The number of anilines is 2. The number of carbonyl (C=O) groups excluding carboxylic acids is 4. The highest BCUT2D eigenvalue weighted by Gasteiger charge is 2.43. The number of imide groups is 1. The highest BCUT2D eigenvalue weighted by Crippen LogP contribution is 2.49. The third kappa shape index (κ3) is 7.13. The lowest BCUT2D eigenvalue weighted by molar-refractivity contribution is -0.137. The summed E-state index contributed by atoms with van der Waals surface area (Å²) in [4.78, 5) is 62.4. The van der Waals surface area contributed by atoms with Gasteiger partial charge in [0.2, 0.25) is 17.7 Å². The number of aromatic amines is 1. The summed E-state index contributed by atoms with van der Waals surface area (Å²) in [5.74, 6) is 0.709. The average Bonchev–Trinajstić information content (AvgIpc) is 3.95. The first-order chi connectivity index (χ1) is 31.8. The van der Waals surface area contributed by atoms with Crippen molar-refractivity contribution in [1.82, 2.24) is 30.2 Å². The molecule has 1 spiro atoms. The van der Waals surface area contributed by atoms with Gasteiger partial charge in [-0.15, -0.1) is 0 Å². The van der Waals surface area contributed by atoms with Crippen LogP contribution in [0.4, 0.5) is 11.4 Å². The van der Waals surface area contributed by atoms with E-state index in [2.05, 4.69) is 102 Å². The number of nitrogens with one attached hydrogen (secondary N) is 2. The minimum Gasteiger partial charge on any atom is -0.489 e. The van der Waals surface area contributed by atoms with Crippen molar-refractivity contribution in [3.8, 4) is 5.75 Å². The van der Waals surface area contributed by atoms with Crippen LogP contribution in [0.3, 0.4) is 0 Å². The Morgan fingerprint density at radius 1 is 0.815 bits per heavy atom. The number of aromatic nitrogens is 2. The number of piperidine rings is 3. The molecule has 4 saturated heterocycles. The van der Waals surface area contributed by atoms with E-state index in [1.807, 2.05) is 18.3 Å². The lowest BCUT2D eigenvalue weighted by Crippen LogP contribution is -2.59. The summed E-state index contributed by atoms with van der Waals surface area (Å²) >= 11 is 0. The highest BCUT2D eigenvalue weighted by molar-refractivity contribution is 6.06. The monoisotopic (exact) mass is 872 g/mol. The third-order valence-electron chi connectivity index (χ3n) is 16.3. The van der Waals surface area contributed by atoms with E-state index in [0.29, 0.717) is 48.8 Å². The van der Waals surface area contributed by atoms with E-state index in [1.54, 1.807) is 4.90 Å². The minimum absolute atomic E-state index is 0.0976. The van der Waals surface area contributed by atoms with Crippen molar-refractivity contribution in [3.63, 3.8) is 0 Å². The van der Waals surface area contributed by atoms with Crippen LogP contribution < -0.4 is 19.9 Å². The molecule has 12 rings (SSSR count). The van der Waals surface area contributed by atoms with Gasteiger partial charge in [-0.3, -0.25) is 34.5 Å². The van der Waals surface area contributed by atoms with E-state index in [9.17, 15) is 19.2 Å². The molecular weight excluding hydrogens is 817 g/mol. The van der Waals surface area contributed by atoms with Crippen molar-refractivity contribution in [1.29, 1.82) is 0 Å². The summed E-state index contributed by atoms with van der Waals surface area (Å²) < 4.78 is 6.26. The van der Waals surface area contributed by atoms with Crippen LogP contribution in [-0.4, -0.2) is 120 Å². The molecule has 1 aliphatic carbocycles. The number of benzene rings is 4. The predicted octanol–water partition coefficient (Wildman–Crippen LogP) is 5.98. The van der Waals surface area contributed by atoms with Crippen LogP contribution in [0.5, 0.6) is 5.75 Å². The van der Waals surface area contributed by atoms with E-state index in [0.717, 1.165) is 101 Å². The Kier molecular flexibility index (Phi) is 9.95. The van der Waals surface area contributed by atoms with Gasteiger partial charge in [-0.25, -0.2) is 0 Å². The largest absolute Gasteiger partial charge is 0.489 e. The average molecular weight is 873 g/mol. The molecule has 5 aromatic rings. The third-order valence-corrected chi connectivity index (χ3v) is 16.3. The molecular formula is C52H56N8O5. The van der Waals surface area contributed by atoms with Gasteiger partial charge >= 0.3 is 0 Å². The molecule has 1 unspecified atom stereocenters. The Bertz CT molecular complexity index is 2680. The minimum atomic E-state index is -0.649. The number of aryl methyl sites for hydroxylation is 1. The predicted molar refractivity (Wildman–Crippen MR) is 247 cm³/mol. The fourth-order valence-corrected chi connectivity index (χ4v) is 12.6. The SMILES string of the molecule is O=C1CCC(N2Cc3cc4c(cc3C2=O)OC[C@@H]2CN(CC(=O)N3CCC5(CC3)CCN(c3ccc([C@H]6c7ccc8[nH]ncc8c7CC[C@H]6c6ccccc6)cc3)CC5)CCN42)C(=O)N1. The molecule has 0 radical (unpaired) electrons. The molecule has 4 atom stereocenters. The van der Waals surface area contributed by atoms with Gasteiger partial charge in [0, 0.05) is 81.3 Å². The number of hydrogen-bond acceptors (Lipinski definition) is 9. The fraction of sp³-hybridized carbons (Fsp3) is 0.442. The number of ether oxygens (including phenoxy) is 1. The maximum absolute atomic E-state index is 13.8. The first-order valence-corrected chi connectivity index (χ1v) is 23.8. The second-order valence-corrected chi connectivity index (χ2v) is 19.7. The van der Waals surface area contributed by atoms with E-state index in [1.165, 1.54) is 33.3 Å². The first kappa shape index (κ1) is 40.3. The molecule has 4 fully saturated rings. The number of amides is 4. The van der Waals surface area contributed by atoms with Crippen LogP contribution >= 0.6 is 0 Å². The number of nitrogens with zero attached hydrogens (tertiary/aromatic N) is 6. The Morgan fingerprint density at radius 3 is 2.42 bits per heavy atom. The zero-order chi connectivity index (χ0) is 43.8. The van der Waals surface area contributed by atoms with E-state index >= 15 is 0 Å². The van der Waals surface area contributed by atoms with Gasteiger partial charge in [0.25, 0.3) is 5.91 Å². The summed E-state index contributed by atoms with van der Waals surface area (Å²) in [5.41, 5.74) is 10.8. The number of hydrogen-bond donors (Lipinski definition) is 2. The van der Waals surface area contributed by atoms with Gasteiger partial charge in [0.1, 0.15) is 18.4 Å². The Labute approximate surface area is 379 Å². The molecule has 7 heterocycles. The number of rotatable bonds is 6. The normalized spacial score (nSPS) is 25.2. The number of piperazine rings is 1. The molecule has 7 aliphatic rings. The smallest absolute Gasteiger partial charge is 0.255 e. The molecule has 4 amide bonds. The van der Waals surface area contributed by atoms with Crippen molar-refractivity contribution in [2.45, 2.75) is 81.8 Å². The summed E-state index contributed by atoms with van der Waals surface area (Å²) in [6.07, 6.45) is 9.15. The standard InChI is InChI=1S/C52H56N8O5/c61-47-15-14-44(50(63)54-47)60-29-35-26-45-46(27-41(35)51(60)64)65-32-37-30-56(24-25-59(37)45)31-48(62)58-22-18-52(19-23-58)16-20-57(21-17-52)36-8-6-34(7-9-36)49-38(33-4-2-1-3-5-33)10-11-39-40(49)12-13-43-42(39)28-53-55-43/h1-9,12-13,26-28,37-38,44,49H,10-11,14-25,29-32H2,(H,53,55)(H,54,61,63)/t37-,38-,44?,49+/m0/s1. The number of fused-ring (bicyclic) bond motifs is 7. The number of H-pyrrole nitrogens is 1. The molecule has 0 bridgehead atoms. The van der Waals surface area contributed by atoms with E-state index < -0.39 is 11.9 Å². The Balaban J connectivity index is 0.644. The molecule has 65 heavy (non-hydrogen) atoms. The molecule has 2 N–H and O–H groups in total. The van der Waals surface area contributed by atoms with E-state index in [4.69, 9.17) is 4.74 Å². The molecule has 6 aliphatic heterocycles. The quantitative estimate of drug-likeness (QED) is 0.198. The van der Waals surface area contributed by atoms with Crippen molar-refractivity contribution >= 4 is 45.9 Å². The molecule has 13 heteroatoms. The highest BCUT2D eigenvalue weighted by atomic mass is 16.5. The van der Waals surface area contributed by atoms with Crippen LogP contribution in [0.25, 0.3) is 10.9 Å². The molecule has 13 nitrogen and oxygen atoms in total. The lowest BCUT2D eigenvalue weighted by Gasteiger charge is -2.48. The first-order valence-electron chi connectivity index (χ1n) is 23.8. The summed E-state index contributed by atoms with van der Waals surface area (Å²) in [7, 11) is 0. The molecule has 0 saturated carbocycles. The lowest BCUT2D eigenvalue weighted by atomic mass is 9.68. The van der Waals surface area contributed by atoms with Crippen molar-refractivity contribution in [2.24, 2.45) is 5.41 Å². The van der Waals surface area contributed by atoms with Gasteiger partial charge < -0.3 is 24.3 Å². The molecule has 4 aromatic carbocycles. The number of likely N-dealkylation sites (tertiary alicyclic amines) is 1. The molecule has 1 aromatic heterocycles. The molecule has 334 valence electrons. The van der Waals surface area contributed by atoms with Crippen LogP contribution in [-0.2, 0) is 27.3 Å². The summed E-state index contributed by atoms with van der Waals surface area (Å²) in [5, 5.41) is 11.2. The summed E-state index contributed by atoms with van der Waals surface area (Å²) in [6, 6.07) is 28.4. The van der Waals surface area contributed by atoms with Crippen LogP contribution in [0.1, 0.15) is 95.0 Å². The maximum atomic E-state index is 13.8. The van der Waals surface area contributed by atoms with Crippen molar-refractivity contribution in [2.75, 3.05) is 68.8 Å². The van der Waals surface area contributed by atoms with Gasteiger partial charge in [0.05, 0.1) is 30.0 Å². The van der Waals surface area contributed by atoms with Crippen LogP contribution in [0.15, 0.2) is 85.1 Å². The topological polar surface area (TPSA) is 134 Å². The van der Waals surface area contributed by atoms with Gasteiger partial charge in [0.15, 0.2) is 0 Å². The second kappa shape index (κ2) is 16.0. The van der Waals surface area contributed by atoms with Crippen LogP contribution in [0.2, 0.25) is 0 Å². The van der Waals surface area contributed by atoms with E-state index in [-0.39, 0.29) is 36.1 Å². The van der Waals surface area contributed by atoms with Gasteiger partial charge in [-0.05, 0) is 114 Å². The van der Waals surface area contributed by atoms with Crippen molar-refractivity contribution < 1.29 is 23.9 Å². The Hall–Kier alpha value is -6.21. The second-order valence-electron chi connectivity index (χ2n) is 19.7. The number of carbonyl (C=O) groups is 4. The maximum Gasteiger partial charge on any atom is 0.255 e. The van der Waals surface area contributed by atoms with Crippen LogP contribution in [0, 0.1) is 5.41 Å². The van der Waals surface area contributed by atoms with Gasteiger partial charge in [-0.2, -0.15) is 5.10 Å².